The maximum atomic E-state index is 5.86. The highest BCUT2D eigenvalue weighted by Gasteiger charge is 2.03. The van der Waals surface area contributed by atoms with Crippen molar-refractivity contribution in [2.45, 2.75) is 6.42 Å². The van der Waals surface area contributed by atoms with Gasteiger partial charge in [-0.05, 0) is 30.2 Å². The minimum Gasteiger partial charge on any atom is -0.457 e. The summed E-state index contributed by atoms with van der Waals surface area (Å²) in [5, 5.41) is 0. The van der Waals surface area contributed by atoms with Crippen LogP contribution in [-0.2, 0) is 6.42 Å². The fourth-order valence-electron chi connectivity index (χ4n) is 1.73. The van der Waals surface area contributed by atoms with Gasteiger partial charge in [0.05, 0.1) is 0 Å². The number of ether oxygens (including phenoxy) is 1. The summed E-state index contributed by atoms with van der Waals surface area (Å²) in [6.07, 6.45) is 0.737. The van der Waals surface area contributed by atoms with E-state index in [1.165, 1.54) is 0 Å². The van der Waals surface area contributed by atoms with Crippen molar-refractivity contribution in [3.63, 3.8) is 0 Å². The van der Waals surface area contributed by atoms with Gasteiger partial charge in [0, 0.05) is 6.54 Å². The zero-order chi connectivity index (χ0) is 13.5. The fourth-order valence-corrected chi connectivity index (χ4v) is 1.73. The number of guanidine groups is 1. The second-order valence-corrected chi connectivity index (χ2v) is 4.08. The second kappa shape index (κ2) is 6.44. The Balaban J connectivity index is 2.10. The molecule has 0 aromatic heterocycles. The van der Waals surface area contributed by atoms with Crippen molar-refractivity contribution in [2.24, 2.45) is 16.5 Å². The summed E-state index contributed by atoms with van der Waals surface area (Å²) < 4.78 is 5.86. The van der Waals surface area contributed by atoms with Gasteiger partial charge >= 0.3 is 0 Å². The van der Waals surface area contributed by atoms with Crippen molar-refractivity contribution in [1.29, 1.82) is 0 Å². The van der Waals surface area contributed by atoms with Crippen LogP contribution in [0.3, 0.4) is 0 Å². The van der Waals surface area contributed by atoms with Crippen LogP contribution in [0.15, 0.2) is 59.6 Å². The van der Waals surface area contributed by atoms with Crippen LogP contribution in [-0.4, -0.2) is 12.5 Å². The Morgan fingerprint density at radius 2 is 1.63 bits per heavy atom. The highest BCUT2D eigenvalue weighted by atomic mass is 16.5. The van der Waals surface area contributed by atoms with E-state index in [-0.39, 0.29) is 5.96 Å². The number of nitrogens with two attached hydrogens (primary N) is 2. The highest BCUT2D eigenvalue weighted by molar-refractivity contribution is 5.75. The van der Waals surface area contributed by atoms with Gasteiger partial charge in [-0.15, -0.1) is 0 Å². The smallest absolute Gasteiger partial charge is 0.185 e. The molecule has 0 atom stereocenters. The number of rotatable bonds is 5. The molecule has 0 fully saturated rings. The minimum absolute atomic E-state index is 0.112. The number of nitrogens with zero attached hydrogens (tertiary/aromatic N) is 1. The van der Waals surface area contributed by atoms with Crippen molar-refractivity contribution >= 4 is 5.96 Å². The van der Waals surface area contributed by atoms with Crippen LogP contribution < -0.4 is 16.2 Å². The molecule has 0 heterocycles. The Hall–Kier alpha value is -2.49. The number of para-hydroxylation sites is 2. The Morgan fingerprint density at radius 1 is 0.947 bits per heavy atom. The number of hydrogen-bond donors (Lipinski definition) is 2. The molecule has 0 aliphatic rings. The molecule has 2 rings (SSSR count). The Morgan fingerprint density at radius 3 is 2.37 bits per heavy atom. The summed E-state index contributed by atoms with van der Waals surface area (Å²) in [4.78, 5) is 3.98. The normalized spacial score (nSPS) is 9.89. The van der Waals surface area contributed by atoms with Crippen LogP contribution in [0.1, 0.15) is 5.56 Å². The summed E-state index contributed by atoms with van der Waals surface area (Å²) >= 11 is 0. The first-order valence-corrected chi connectivity index (χ1v) is 6.12. The quantitative estimate of drug-likeness (QED) is 0.636. The maximum Gasteiger partial charge on any atom is 0.185 e. The van der Waals surface area contributed by atoms with Crippen LogP contribution in [0.4, 0.5) is 0 Å². The van der Waals surface area contributed by atoms with Crippen molar-refractivity contribution in [3.8, 4) is 11.5 Å². The number of hydrogen-bond acceptors (Lipinski definition) is 2. The van der Waals surface area contributed by atoms with Crippen molar-refractivity contribution < 1.29 is 4.74 Å². The lowest BCUT2D eigenvalue weighted by Crippen LogP contribution is -2.23. The fraction of sp³-hybridized carbons (Fsp3) is 0.133. The predicted octanol–water partition coefficient (Wildman–Crippen LogP) is 2.29. The van der Waals surface area contributed by atoms with E-state index in [0.717, 1.165) is 23.5 Å². The van der Waals surface area contributed by atoms with Gasteiger partial charge < -0.3 is 16.2 Å². The minimum atomic E-state index is 0.112. The van der Waals surface area contributed by atoms with E-state index < -0.39 is 0 Å². The predicted molar refractivity (Wildman–Crippen MR) is 77.3 cm³/mol. The molecule has 0 saturated carbocycles. The lowest BCUT2D eigenvalue weighted by atomic mass is 10.1. The summed E-state index contributed by atoms with van der Waals surface area (Å²) in [6, 6.07) is 17.6. The van der Waals surface area contributed by atoms with Gasteiger partial charge in [0.2, 0.25) is 0 Å². The van der Waals surface area contributed by atoms with E-state index >= 15 is 0 Å². The van der Waals surface area contributed by atoms with Crippen molar-refractivity contribution in [1.82, 2.24) is 0 Å². The molecule has 0 amide bonds. The molecule has 2 aromatic rings. The third-order valence-electron chi connectivity index (χ3n) is 2.62. The molecule has 4 heteroatoms. The Bertz CT molecular complexity index is 548. The largest absolute Gasteiger partial charge is 0.457 e. The van der Waals surface area contributed by atoms with Gasteiger partial charge in [0.1, 0.15) is 11.5 Å². The Kier molecular flexibility index (Phi) is 4.39. The molecular weight excluding hydrogens is 238 g/mol. The van der Waals surface area contributed by atoms with Crippen LogP contribution in [0.25, 0.3) is 0 Å². The van der Waals surface area contributed by atoms with Gasteiger partial charge in [0.25, 0.3) is 0 Å². The molecule has 0 saturated heterocycles. The molecule has 4 nitrogen and oxygen atoms in total. The molecular formula is C15H17N3O. The first-order valence-electron chi connectivity index (χ1n) is 6.12. The topological polar surface area (TPSA) is 73.6 Å². The van der Waals surface area contributed by atoms with Gasteiger partial charge in [-0.2, -0.15) is 0 Å². The van der Waals surface area contributed by atoms with Crippen LogP contribution in [0.2, 0.25) is 0 Å². The van der Waals surface area contributed by atoms with Crippen LogP contribution in [0, 0.1) is 0 Å². The first-order chi connectivity index (χ1) is 9.25. The highest BCUT2D eigenvalue weighted by Crippen LogP contribution is 2.25. The first kappa shape index (κ1) is 13.0. The average Bonchev–Trinajstić information content (AvgIpc) is 2.41. The van der Waals surface area contributed by atoms with Crippen molar-refractivity contribution in [3.05, 3.63) is 60.2 Å². The Labute approximate surface area is 112 Å². The van der Waals surface area contributed by atoms with Gasteiger partial charge in [0.15, 0.2) is 5.96 Å². The van der Waals surface area contributed by atoms with E-state index in [1.54, 1.807) is 0 Å². The molecule has 19 heavy (non-hydrogen) atoms. The summed E-state index contributed by atoms with van der Waals surface area (Å²) in [7, 11) is 0. The molecule has 0 bridgehead atoms. The van der Waals surface area contributed by atoms with E-state index in [0.29, 0.717) is 6.54 Å². The van der Waals surface area contributed by atoms with Gasteiger partial charge in [-0.1, -0.05) is 36.4 Å². The zero-order valence-electron chi connectivity index (χ0n) is 10.6. The molecule has 0 aliphatic carbocycles. The van der Waals surface area contributed by atoms with E-state index in [9.17, 15) is 0 Å². The number of benzene rings is 2. The molecule has 0 radical (unpaired) electrons. The lowest BCUT2D eigenvalue weighted by molar-refractivity contribution is 0.476. The van der Waals surface area contributed by atoms with E-state index in [4.69, 9.17) is 16.2 Å². The second-order valence-electron chi connectivity index (χ2n) is 4.08. The van der Waals surface area contributed by atoms with Gasteiger partial charge in [-0.3, -0.25) is 4.99 Å². The summed E-state index contributed by atoms with van der Waals surface area (Å²) in [5.41, 5.74) is 11.7. The maximum absolute atomic E-state index is 5.86. The third kappa shape index (κ3) is 4.03. The summed E-state index contributed by atoms with van der Waals surface area (Å²) in [6.45, 7) is 0.553. The molecule has 0 spiro atoms. The standard InChI is InChI=1S/C15H17N3O/c16-15(17)18-11-10-12-6-4-5-9-14(12)19-13-7-2-1-3-8-13/h1-9H,10-11H2,(H4,16,17,18). The van der Waals surface area contributed by atoms with E-state index in [1.807, 2.05) is 54.6 Å². The monoisotopic (exact) mass is 255 g/mol. The third-order valence-corrected chi connectivity index (χ3v) is 2.62. The average molecular weight is 255 g/mol. The zero-order valence-corrected chi connectivity index (χ0v) is 10.6. The molecule has 4 N–H and O–H groups in total. The van der Waals surface area contributed by atoms with Crippen LogP contribution >= 0.6 is 0 Å². The molecule has 0 unspecified atom stereocenters. The number of aliphatic imine (C=N–C) groups is 1. The van der Waals surface area contributed by atoms with E-state index in [2.05, 4.69) is 4.99 Å². The molecule has 2 aromatic carbocycles. The summed E-state index contributed by atoms with van der Waals surface area (Å²) in [5.74, 6) is 1.76. The lowest BCUT2D eigenvalue weighted by Gasteiger charge is -2.10. The molecule has 98 valence electrons. The van der Waals surface area contributed by atoms with Crippen molar-refractivity contribution in [2.75, 3.05) is 6.54 Å². The SMILES string of the molecule is NC(N)=NCCc1ccccc1Oc1ccccc1. The van der Waals surface area contributed by atoms with Crippen LogP contribution in [0.5, 0.6) is 11.5 Å². The molecule has 0 aliphatic heterocycles. The van der Waals surface area contributed by atoms with Gasteiger partial charge in [-0.25, -0.2) is 0 Å².